The molecule has 35 heavy (non-hydrogen) atoms. The Labute approximate surface area is 213 Å². The Balaban J connectivity index is 1.77. The highest BCUT2D eigenvalue weighted by Crippen LogP contribution is 2.34. The number of benzene rings is 1. The zero-order chi connectivity index (χ0) is 25.2. The van der Waals surface area contributed by atoms with Crippen molar-refractivity contribution in [3.63, 3.8) is 0 Å². The maximum Gasteiger partial charge on any atom is 0.141 e. The van der Waals surface area contributed by atoms with Gasteiger partial charge in [-0.1, -0.05) is 60.8 Å². The molecule has 2 unspecified atom stereocenters. The summed E-state index contributed by atoms with van der Waals surface area (Å²) in [6.07, 6.45) is 6.14. The lowest BCUT2D eigenvalue weighted by Crippen LogP contribution is -2.50. The Kier molecular flexibility index (Phi) is 10.5. The molecule has 8 heteroatoms. The second kappa shape index (κ2) is 13.5. The number of halogens is 1. The van der Waals surface area contributed by atoms with Gasteiger partial charge >= 0.3 is 0 Å². The van der Waals surface area contributed by atoms with Crippen LogP contribution in [0.15, 0.2) is 86.7 Å². The third-order valence-electron chi connectivity index (χ3n) is 5.96. The SMILES string of the molecule is C=C(S/C=C\C)C1=NCC(C(/C=C\CC(C)F)=NC)=C2CC(N(C)NNCc3ccccc3)CN12. The Bertz CT molecular complexity index is 1010. The lowest BCUT2D eigenvalue weighted by molar-refractivity contribution is 0.135. The van der Waals surface area contributed by atoms with Gasteiger partial charge in [0.15, 0.2) is 0 Å². The van der Waals surface area contributed by atoms with Crippen molar-refractivity contribution in [2.75, 3.05) is 27.2 Å². The first kappa shape index (κ1) is 27.1. The number of nitrogens with one attached hydrogen (secondary N) is 2. The van der Waals surface area contributed by atoms with Gasteiger partial charge in [-0.25, -0.2) is 14.8 Å². The normalized spacial score (nSPS) is 19.7. The summed E-state index contributed by atoms with van der Waals surface area (Å²) in [5.41, 5.74) is 11.0. The van der Waals surface area contributed by atoms with E-state index in [2.05, 4.69) is 51.6 Å². The number of hydrazine groups is 2. The molecular weight excluding hydrogens is 459 g/mol. The summed E-state index contributed by atoms with van der Waals surface area (Å²) in [6.45, 7) is 9.89. The second-order valence-electron chi connectivity index (χ2n) is 8.63. The van der Waals surface area contributed by atoms with Crippen LogP contribution in [-0.4, -0.2) is 60.9 Å². The molecule has 0 radical (unpaired) electrons. The summed E-state index contributed by atoms with van der Waals surface area (Å²) in [5, 5.41) is 4.15. The molecule has 2 aliphatic rings. The Morgan fingerprint density at radius 1 is 1.40 bits per heavy atom. The zero-order valence-corrected chi connectivity index (χ0v) is 22.0. The molecule has 0 bridgehead atoms. The number of hydrogen-bond acceptors (Lipinski definition) is 7. The molecule has 0 aromatic heterocycles. The van der Waals surface area contributed by atoms with E-state index >= 15 is 0 Å². The number of rotatable bonds is 12. The molecule has 2 N–H and O–H groups in total. The molecule has 1 aromatic rings. The number of aliphatic imine (C=N–C) groups is 2. The van der Waals surface area contributed by atoms with Crippen LogP contribution in [0.5, 0.6) is 0 Å². The van der Waals surface area contributed by atoms with Crippen molar-refractivity contribution < 1.29 is 4.39 Å². The highest BCUT2D eigenvalue weighted by atomic mass is 32.2. The van der Waals surface area contributed by atoms with Gasteiger partial charge in [-0.2, -0.15) is 5.53 Å². The number of amidine groups is 1. The van der Waals surface area contributed by atoms with Crippen molar-refractivity contribution in [1.82, 2.24) is 20.9 Å². The van der Waals surface area contributed by atoms with Gasteiger partial charge in [0, 0.05) is 55.8 Å². The van der Waals surface area contributed by atoms with Gasteiger partial charge in [0.25, 0.3) is 0 Å². The number of likely N-dealkylation sites (N-methyl/N-ethyl adjacent to an activating group) is 1. The van der Waals surface area contributed by atoms with E-state index in [0.29, 0.717) is 13.0 Å². The van der Waals surface area contributed by atoms with Crippen LogP contribution in [0.2, 0.25) is 0 Å². The van der Waals surface area contributed by atoms with Crippen molar-refractivity contribution in [3.8, 4) is 0 Å². The number of hydrogen-bond donors (Lipinski definition) is 2. The molecule has 0 aliphatic carbocycles. The standard InChI is InChI=1S/C27H37FN6S/c1-6-15-35-21(3)27-30-18-24(25(29-4)14-10-11-20(2)28)26-16-23(19-34(26)27)33(5)32-31-17-22-12-8-7-9-13-22/h6-10,12-15,20,23,31-32H,3,11,16-19H2,1-2,4-5H3/b14-10-,15-6-,29-25?. The lowest BCUT2D eigenvalue weighted by atomic mass is 10.0. The van der Waals surface area contributed by atoms with E-state index in [1.807, 2.05) is 48.8 Å². The van der Waals surface area contributed by atoms with Gasteiger partial charge < -0.3 is 4.90 Å². The summed E-state index contributed by atoms with van der Waals surface area (Å²) in [7, 11) is 3.84. The fraction of sp³-hybridized carbons (Fsp3) is 0.407. The highest BCUT2D eigenvalue weighted by Gasteiger charge is 2.37. The van der Waals surface area contributed by atoms with Crippen LogP contribution in [0.25, 0.3) is 0 Å². The quantitative estimate of drug-likeness (QED) is 0.314. The molecule has 0 spiro atoms. The van der Waals surface area contributed by atoms with Crippen LogP contribution in [0.4, 0.5) is 4.39 Å². The number of allylic oxidation sites excluding steroid dienone is 3. The van der Waals surface area contributed by atoms with Crippen molar-refractivity contribution in [3.05, 3.63) is 82.3 Å². The Hall–Kier alpha value is -2.52. The third kappa shape index (κ3) is 7.48. The minimum Gasteiger partial charge on any atom is -0.327 e. The highest BCUT2D eigenvalue weighted by molar-refractivity contribution is 8.06. The fourth-order valence-corrected chi connectivity index (χ4v) is 4.69. The van der Waals surface area contributed by atoms with E-state index in [4.69, 9.17) is 4.99 Å². The Morgan fingerprint density at radius 3 is 2.86 bits per heavy atom. The molecule has 0 amide bonds. The average Bonchev–Trinajstić information content (AvgIpc) is 3.31. The van der Waals surface area contributed by atoms with E-state index in [9.17, 15) is 4.39 Å². The van der Waals surface area contributed by atoms with E-state index in [-0.39, 0.29) is 6.04 Å². The fourth-order valence-electron chi connectivity index (χ4n) is 4.11. The summed E-state index contributed by atoms with van der Waals surface area (Å²) < 4.78 is 13.3. The minimum absolute atomic E-state index is 0.221. The van der Waals surface area contributed by atoms with E-state index in [1.54, 1.807) is 25.7 Å². The van der Waals surface area contributed by atoms with Crippen molar-refractivity contribution in [2.45, 2.75) is 45.4 Å². The summed E-state index contributed by atoms with van der Waals surface area (Å²) in [4.78, 5) is 12.6. The van der Waals surface area contributed by atoms with Crippen LogP contribution in [0.3, 0.4) is 0 Å². The number of nitrogens with zero attached hydrogens (tertiary/aromatic N) is 4. The van der Waals surface area contributed by atoms with E-state index in [0.717, 1.165) is 41.5 Å². The molecule has 2 aliphatic heterocycles. The predicted octanol–water partition coefficient (Wildman–Crippen LogP) is 5.02. The molecule has 1 fully saturated rings. The van der Waals surface area contributed by atoms with Gasteiger partial charge in [-0.3, -0.25) is 9.98 Å². The summed E-state index contributed by atoms with van der Waals surface area (Å²) in [5.74, 6) is 0.914. The van der Waals surface area contributed by atoms with Gasteiger partial charge in [-0.05, 0) is 37.3 Å². The maximum absolute atomic E-state index is 13.3. The van der Waals surface area contributed by atoms with Gasteiger partial charge in [0.1, 0.15) is 12.0 Å². The first-order valence-electron chi connectivity index (χ1n) is 12.0. The number of thioether (sulfide) groups is 1. The number of fused-ring (bicyclic) bond motifs is 1. The van der Waals surface area contributed by atoms with Crippen LogP contribution >= 0.6 is 11.8 Å². The zero-order valence-electron chi connectivity index (χ0n) is 21.2. The summed E-state index contributed by atoms with van der Waals surface area (Å²) in [6, 6.07) is 10.5. The van der Waals surface area contributed by atoms with Crippen LogP contribution < -0.4 is 11.0 Å². The molecule has 188 valence electrons. The van der Waals surface area contributed by atoms with E-state index in [1.165, 1.54) is 11.3 Å². The first-order valence-corrected chi connectivity index (χ1v) is 12.9. The molecular formula is C27H37FN6S. The van der Waals surface area contributed by atoms with Crippen molar-refractivity contribution in [1.29, 1.82) is 0 Å². The molecule has 6 nitrogen and oxygen atoms in total. The van der Waals surface area contributed by atoms with E-state index < -0.39 is 6.17 Å². The molecule has 1 aromatic carbocycles. The molecule has 2 heterocycles. The predicted molar refractivity (Wildman–Crippen MR) is 148 cm³/mol. The number of alkyl halides is 1. The molecule has 3 rings (SSSR count). The van der Waals surface area contributed by atoms with Crippen LogP contribution in [0.1, 0.15) is 32.3 Å². The van der Waals surface area contributed by atoms with Crippen molar-refractivity contribution >= 4 is 23.3 Å². The maximum atomic E-state index is 13.3. The van der Waals surface area contributed by atoms with Gasteiger partial charge in [0.2, 0.25) is 0 Å². The second-order valence-corrected chi connectivity index (χ2v) is 9.63. The van der Waals surface area contributed by atoms with Gasteiger partial charge in [0.05, 0.1) is 12.3 Å². The third-order valence-corrected chi connectivity index (χ3v) is 6.84. The average molecular weight is 497 g/mol. The largest absolute Gasteiger partial charge is 0.327 e. The van der Waals surface area contributed by atoms with Crippen LogP contribution in [-0.2, 0) is 6.54 Å². The molecule has 0 saturated carbocycles. The molecule has 2 atom stereocenters. The first-order chi connectivity index (χ1) is 16.9. The monoisotopic (exact) mass is 496 g/mol. The lowest BCUT2D eigenvalue weighted by Gasteiger charge is -2.30. The molecule has 1 saturated heterocycles. The summed E-state index contributed by atoms with van der Waals surface area (Å²) >= 11 is 1.59. The minimum atomic E-state index is -0.875. The van der Waals surface area contributed by atoms with Crippen molar-refractivity contribution in [2.24, 2.45) is 9.98 Å². The topological polar surface area (TPSA) is 55.3 Å². The van der Waals surface area contributed by atoms with Crippen LogP contribution in [0, 0.1) is 0 Å². The Morgan fingerprint density at radius 2 is 2.17 bits per heavy atom. The smallest absolute Gasteiger partial charge is 0.141 e. The van der Waals surface area contributed by atoms with Gasteiger partial charge in [-0.15, -0.1) is 0 Å².